The highest BCUT2D eigenvalue weighted by molar-refractivity contribution is 5.89. The van der Waals surface area contributed by atoms with E-state index in [1.54, 1.807) is 45.6 Å². The summed E-state index contributed by atoms with van der Waals surface area (Å²) < 4.78 is 37.7. The van der Waals surface area contributed by atoms with Crippen LogP contribution in [0.2, 0.25) is 0 Å². The second-order valence-corrected chi connectivity index (χ2v) is 14.3. The molecule has 1 aromatic carbocycles. The zero-order valence-electron chi connectivity index (χ0n) is 27.0. The molecule has 2 N–H and O–H groups in total. The number of aliphatic hydroxyl groups is 2. The largest absolute Gasteiger partial charge is 0.455 e. The lowest BCUT2D eigenvalue weighted by molar-refractivity contribution is -0.317. The molecule has 6 aliphatic rings. The Labute approximate surface area is 264 Å². The molecule has 5 aliphatic carbocycles. The third kappa shape index (κ3) is 3.66. The summed E-state index contributed by atoms with van der Waals surface area (Å²) in [6.07, 6.45) is -2.64. The zero-order chi connectivity index (χ0) is 32.1. The van der Waals surface area contributed by atoms with Gasteiger partial charge in [0.05, 0.1) is 24.4 Å². The van der Waals surface area contributed by atoms with E-state index in [0.717, 1.165) is 19.4 Å². The number of ether oxygens (including phenoxy) is 6. The molecular formula is C34H47NO10. The first-order chi connectivity index (χ1) is 21.6. The Morgan fingerprint density at radius 1 is 1.02 bits per heavy atom. The number of carbonyl (C=O) groups is 2. The fourth-order valence-electron chi connectivity index (χ4n) is 12.4. The molecule has 1 spiro atoms. The predicted octanol–water partition coefficient (Wildman–Crippen LogP) is 1.68. The Morgan fingerprint density at radius 3 is 2.36 bits per heavy atom. The number of likely N-dealkylation sites (tertiary alicyclic amines) is 1. The summed E-state index contributed by atoms with van der Waals surface area (Å²) in [4.78, 5) is 29.4. The number of aliphatic hydroxyl groups excluding tert-OH is 1. The van der Waals surface area contributed by atoms with Crippen molar-refractivity contribution in [3.05, 3.63) is 35.9 Å². The SMILES string of the molecule is CCN1C[C@]2(COC)CC[C@H](OC)[C@]34C1[C@@H]([C@H](OC)[C@H]23)[C@]1(OC(C)=O)[C@H]2[C@@H](OC(=O)c3ccccc3)[C@](O)(C[C@H]24)[C@@H](OC)[C@@H]1O. The average molecular weight is 630 g/mol. The van der Waals surface area contributed by atoms with Gasteiger partial charge in [-0.3, -0.25) is 9.69 Å². The molecule has 14 atom stereocenters. The van der Waals surface area contributed by atoms with E-state index in [1.807, 2.05) is 6.07 Å². The molecule has 248 valence electrons. The number of fused-ring (bicyclic) bond motifs is 2. The Balaban J connectivity index is 1.52. The Hall–Kier alpha value is -2.12. The van der Waals surface area contributed by atoms with Crippen LogP contribution in [0.15, 0.2) is 30.3 Å². The predicted molar refractivity (Wildman–Crippen MR) is 159 cm³/mol. The van der Waals surface area contributed by atoms with Crippen LogP contribution in [0, 0.1) is 34.5 Å². The van der Waals surface area contributed by atoms with Crippen LogP contribution in [0.5, 0.6) is 0 Å². The van der Waals surface area contributed by atoms with E-state index in [9.17, 15) is 19.8 Å². The van der Waals surface area contributed by atoms with E-state index in [4.69, 9.17) is 28.4 Å². The van der Waals surface area contributed by atoms with Crippen LogP contribution in [0.4, 0.5) is 0 Å². The van der Waals surface area contributed by atoms with Gasteiger partial charge < -0.3 is 38.6 Å². The van der Waals surface area contributed by atoms with Crippen LogP contribution < -0.4 is 0 Å². The molecule has 6 fully saturated rings. The molecule has 0 aromatic heterocycles. The van der Waals surface area contributed by atoms with Gasteiger partial charge >= 0.3 is 11.9 Å². The highest BCUT2D eigenvalue weighted by Gasteiger charge is 2.91. The highest BCUT2D eigenvalue weighted by Crippen LogP contribution is 2.80. The topological polar surface area (TPSA) is 133 Å². The van der Waals surface area contributed by atoms with Crippen molar-refractivity contribution in [3.8, 4) is 0 Å². The standard InChI is InChI=1S/C34H47NO10/c1-7-35-16-31(17-40-3)14-13-21(41-4)33-20-15-32(39)28(44-30(38)19-11-9-8-10-12-19)22(20)34(45-18(2)36,27(37)29(32)43-6)23(26(33)35)24(42-5)25(31)33/h8-12,20-29,37,39H,7,13-17H2,1-6H3/t20-,21+,22-,23-,24+,25-,26?,27+,28-,29+,31+,32-,33+,34-/m1/s1. The Morgan fingerprint density at radius 2 is 1.76 bits per heavy atom. The number of piperidine rings is 1. The molecule has 7 rings (SSSR count). The van der Waals surface area contributed by atoms with E-state index < -0.39 is 64.8 Å². The number of methoxy groups -OCH3 is 4. The second-order valence-electron chi connectivity index (χ2n) is 14.3. The van der Waals surface area contributed by atoms with Crippen molar-refractivity contribution < 1.29 is 48.2 Å². The molecule has 11 nitrogen and oxygen atoms in total. The van der Waals surface area contributed by atoms with Gasteiger partial charge in [-0.2, -0.15) is 0 Å². The highest BCUT2D eigenvalue weighted by atomic mass is 16.6. The van der Waals surface area contributed by atoms with E-state index in [1.165, 1.54) is 14.0 Å². The first kappa shape index (κ1) is 31.5. The van der Waals surface area contributed by atoms with Crippen LogP contribution in [0.1, 0.15) is 43.5 Å². The fourth-order valence-corrected chi connectivity index (χ4v) is 12.4. The van der Waals surface area contributed by atoms with E-state index in [2.05, 4.69) is 11.8 Å². The van der Waals surface area contributed by atoms with Gasteiger partial charge in [0.1, 0.15) is 23.9 Å². The van der Waals surface area contributed by atoms with Crippen LogP contribution in [0.3, 0.4) is 0 Å². The first-order valence-corrected chi connectivity index (χ1v) is 16.2. The second kappa shape index (κ2) is 10.7. The van der Waals surface area contributed by atoms with Crippen LogP contribution in [0.25, 0.3) is 0 Å². The molecule has 1 heterocycles. The molecule has 1 saturated heterocycles. The van der Waals surface area contributed by atoms with Crippen molar-refractivity contribution in [3.63, 3.8) is 0 Å². The number of rotatable bonds is 9. The molecule has 45 heavy (non-hydrogen) atoms. The van der Waals surface area contributed by atoms with Crippen LogP contribution >= 0.6 is 0 Å². The normalized spacial score (nSPS) is 49.1. The molecule has 7 bridgehead atoms. The van der Waals surface area contributed by atoms with Gasteiger partial charge in [0.15, 0.2) is 5.60 Å². The molecule has 1 aliphatic heterocycles. The quantitative estimate of drug-likeness (QED) is 0.387. The Bertz CT molecular complexity index is 1330. The Kier molecular flexibility index (Phi) is 7.48. The molecule has 0 radical (unpaired) electrons. The van der Waals surface area contributed by atoms with Crippen molar-refractivity contribution in [1.29, 1.82) is 0 Å². The van der Waals surface area contributed by atoms with Crippen LogP contribution in [-0.4, -0.2) is 123 Å². The summed E-state index contributed by atoms with van der Waals surface area (Å²) in [5.41, 5.74) is -3.92. The number of carbonyl (C=O) groups excluding carboxylic acids is 2. The van der Waals surface area contributed by atoms with Crippen LogP contribution in [-0.2, 0) is 33.2 Å². The van der Waals surface area contributed by atoms with Gasteiger partial charge in [-0.05, 0) is 43.9 Å². The van der Waals surface area contributed by atoms with Gasteiger partial charge in [-0.15, -0.1) is 0 Å². The van der Waals surface area contributed by atoms with Gasteiger partial charge in [0.2, 0.25) is 0 Å². The molecule has 1 aromatic rings. The summed E-state index contributed by atoms with van der Waals surface area (Å²) >= 11 is 0. The maximum Gasteiger partial charge on any atom is 0.338 e. The van der Waals surface area contributed by atoms with Crippen molar-refractivity contribution in [1.82, 2.24) is 4.90 Å². The number of benzene rings is 1. The molecule has 5 saturated carbocycles. The minimum absolute atomic E-state index is 0.101. The van der Waals surface area contributed by atoms with Crippen molar-refractivity contribution >= 4 is 11.9 Å². The summed E-state index contributed by atoms with van der Waals surface area (Å²) in [6, 6.07) is 8.42. The van der Waals surface area contributed by atoms with Gasteiger partial charge in [-0.25, -0.2) is 4.79 Å². The van der Waals surface area contributed by atoms with E-state index >= 15 is 0 Å². The van der Waals surface area contributed by atoms with Crippen molar-refractivity contribution in [2.24, 2.45) is 34.5 Å². The summed E-state index contributed by atoms with van der Waals surface area (Å²) in [7, 11) is 6.59. The van der Waals surface area contributed by atoms with Crippen molar-refractivity contribution in [2.45, 2.75) is 80.9 Å². The lowest BCUT2D eigenvalue weighted by Crippen LogP contribution is -2.80. The van der Waals surface area contributed by atoms with E-state index in [-0.39, 0.29) is 35.8 Å². The lowest BCUT2D eigenvalue weighted by Gasteiger charge is -2.69. The van der Waals surface area contributed by atoms with Gasteiger partial charge in [0.25, 0.3) is 0 Å². The summed E-state index contributed by atoms with van der Waals surface area (Å²) in [6.45, 7) is 5.44. The minimum atomic E-state index is -1.76. The monoisotopic (exact) mass is 629 g/mol. The average Bonchev–Trinajstić information content (AvgIpc) is 3.40. The third-order valence-electron chi connectivity index (χ3n) is 13.0. The zero-order valence-corrected chi connectivity index (χ0v) is 27.0. The lowest BCUT2D eigenvalue weighted by atomic mass is 9.43. The smallest absolute Gasteiger partial charge is 0.338 e. The minimum Gasteiger partial charge on any atom is -0.455 e. The van der Waals surface area contributed by atoms with E-state index in [0.29, 0.717) is 18.7 Å². The molecule has 1 unspecified atom stereocenters. The summed E-state index contributed by atoms with van der Waals surface area (Å²) in [5, 5.41) is 25.3. The fraction of sp³-hybridized carbons (Fsp3) is 0.765. The number of hydrogen-bond donors (Lipinski definition) is 2. The molecule has 11 heteroatoms. The number of esters is 2. The van der Waals surface area contributed by atoms with Gasteiger partial charge in [0, 0.05) is 76.5 Å². The van der Waals surface area contributed by atoms with Crippen molar-refractivity contribution in [2.75, 3.05) is 48.1 Å². The first-order valence-electron chi connectivity index (χ1n) is 16.2. The molecule has 0 amide bonds. The number of hydrogen-bond acceptors (Lipinski definition) is 11. The molecular weight excluding hydrogens is 582 g/mol. The maximum atomic E-state index is 13.7. The maximum absolute atomic E-state index is 13.7. The number of nitrogens with zero attached hydrogens (tertiary/aromatic N) is 1. The van der Waals surface area contributed by atoms with Gasteiger partial charge in [-0.1, -0.05) is 25.1 Å². The third-order valence-corrected chi connectivity index (χ3v) is 13.0. The summed E-state index contributed by atoms with van der Waals surface area (Å²) in [5.74, 6) is -2.95.